The van der Waals surface area contributed by atoms with Gasteiger partial charge >= 0.3 is 0 Å². The standard InChI is InChI=1S/C17H18F2N4O2/c1-24-14-7-15(25-2)17(19)11(16(14)18)3-4-13-12(20)9-23(22-13)10-5-6-21-8-10/h7,9-10,21H,5-6,8,20H2,1-2H3/t10-/m0/s1. The van der Waals surface area contributed by atoms with Gasteiger partial charge in [0.2, 0.25) is 0 Å². The smallest absolute Gasteiger partial charge is 0.183 e. The minimum atomic E-state index is -0.897. The Labute approximate surface area is 143 Å². The molecule has 0 amide bonds. The second-order valence-corrected chi connectivity index (χ2v) is 5.59. The van der Waals surface area contributed by atoms with Gasteiger partial charge in [-0.15, -0.1) is 0 Å². The summed E-state index contributed by atoms with van der Waals surface area (Å²) < 4.78 is 40.1. The Morgan fingerprint density at radius 3 is 2.48 bits per heavy atom. The van der Waals surface area contributed by atoms with Gasteiger partial charge in [-0.2, -0.15) is 5.10 Å². The van der Waals surface area contributed by atoms with Crippen molar-refractivity contribution in [1.82, 2.24) is 15.1 Å². The van der Waals surface area contributed by atoms with Crippen molar-refractivity contribution in [1.29, 1.82) is 0 Å². The highest BCUT2D eigenvalue weighted by atomic mass is 19.1. The van der Waals surface area contributed by atoms with E-state index in [9.17, 15) is 8.78 Å². The molecule has 0 saturated carbocycles. The Kier molecular flexibility index (Phi) is 4.76. The number of nitrogens with one attached hydrogen (secondary N) is 1. The van der Waals surface area contributed by atoms with Crippen LogP contribution in [0.4, 0.5) is 14.5 Å². The van der Waals surface area contributed by atoms with Crippen LogP contribution in [0.3, 0.4) is 0 Å². The topological polar surface area (TPSA) is 74.3 Å². The van der Waals surface area contributed by atoms with Crippen molar-refractivity contribution in [3.8, 4) is 23.3 Å². The van der Waals surface area contributed by atoms with Crippen molar-refractivity contribution in [2.75, 3.05) is 33.0 Å². The zero-order valence-corrected chi connectivity index (χ0v) is 13.9. The van der Waals surface area contributed by atoms with Crippen LogP contribution in [-0.4, -0.2) is 37.1 Å². The first-order valence-electron chi connectivity index (χ1n) is 7.72. The van der Waals surface area contributed by atoms with Crippen molar-refractivity contribution in [2.45, 2.75) is 12.5 Å². The lowest BCUT2D eigenvalue weighted by Gasteiger charge is -2.08. The summed E-state index contributed by atoms with van der Waals surface area (Å²) in [5.74, 6) is 3.00. The van der Waals surface area contributed by atoms with Gasteiger partial charge in [0.05, 0.1) is 25.9 Å². The van der Waals surface area contributed by atoms with Crippen LogP contribution < -0.4 is 20.5 Å². The number of hydrogen-bond donors (Lipinski definition) is 2. The maximum absolute atomic E-state index is 14.3. The van der Waals surface area contributed by atoms with Crippen LogP contribution in [-0.2, 0) is 0 Å². The summed E-state index contributed by atoms with van der Waals surface area (Å²) in [6.45, 7) is 1.70. The molecule has 1 atom stereocenters. The fourth-order valence-corrected chi connectivity index (χ4v) is 2.67. The molecule has 25 heavy (non-hydrogen) atoms. The fourth-order valence-electron chi connectivity index (χ4n) is 2.67. The molecule has 132 valence electrons. The molecule has 2 aromatic rings. The molecule has 1 aromatic heterocycles. The number of hydrogen-bond acceptors (Lipinski definition) is 5. The Morgan fingerprint density at radius 1 is 1.24 bits per heavy atom. The summed E-state index contributed by atoms with van der Waals surface area (Å²) >= 11 is 0. The highest BCUT2D eigenvalue weighted by molar-refractivity contribution is 5.55. The summed E-state index contributed by atoms with van der Waals surface area (Å²) in [7, 11) is 2.56. The third-order valence-electron chi connectivity index (χ3n) is 4.05. The predicted molar refractivity (Wildman–Crippen MR) is 88.6 cm³/mol. The summed E-state index contributed by atoms with van der Waals surface area (Å²) in [4.78, 5) is 0. The van der Waals surface area contributed by atoms with Crippen LogP contribution in [0, 0.1) is 23.5 Å². The Morgan fingerprint density at radius 2 is 1.92 bits per heavy atom. The molecular weight excluding hydrogens is 330 g/mol. The molecule has 3 N–H and O–H groups in total. The van der Waals surface area contributed by atoms with E-state index in [1.54, 1.807) is 10.9 Å². The van der Waals surface area contributed by atoms with Gasteiger partial charge in [-0.05, 0) is 18.9 Å². The van der Waals surface area contributed by atoms with Gasteiger partial charge in [-0.3, -0.25) is 4.68 Å². The lowest BCUT2D eigenvalue weighted by Crippen LogP contribution is -2.13. The average Bonchev–Trinajstić information content (AvgIpc) is 3.25. The van der Waals surface area contributed by atoms with Gasteiger partial charge in [0.1, 0.15) is 5.56 Å². The van der Waals surface area contributed by atoms with Crippen LogP contribution in [0.25, 0.3) is 0 Å². The number of rotatable bonds is 3. The Hall–Kier alpha value is -2.79. The molecule has 1 saturated heterocycles. The van der Waals surface area contributed by atoms with E-state index in [0.29, 0.717) is 5.69 Å². The molecule has 2 heterocycles. The van der Waals surface area contributed by atoms with Crippen LogP contribution in [0.1, 0.15) is 23.7 Å². The monoisotopic (exact) mass is 348 g/mol. The number of nitrogens with two attached hydrogens (primary N) is 1. The summed E-state index contributed by atoms with van der Waals surface area (Å²) in [5.41, 5.74) is 6.09. The number of anilines is 1. The van der Waals surface area contributed by atoms with Crippen molar-refractivity contribution in [3.05, 3.63) is 35.2 Å². The van der Waals surface area contributed by atoms with E-state index >= 15 is 0 Å². The summed E-state index contributed by atoms with van der Waals surface area (Å²) in [5, 5.41) is 7.56. The van der Waals surface area contributed by atoms with E-state index in [4.69, 9.17) is 15.2 Å². The zero-order valence-electron chi connectivity index (χ0n) is 13.9. The van der Waals surface area contributed by atoms with Crippen molar-refractivity contribution < 1.29 is 18.3 Å². The number of halogens is 2. The van der Waals surface area contributed by atoms with Gasteiger partial charge in [0.25, 0.3) is 0 Å². The Balaban J connectivity index is 1.99. The molecule has 1 aliphatic heterocycles. The molecule has 1 aliphatic rings. The molecular formula is C17H18F2N4O2. The highest BCUT2D eigenvalue weighted by Crippen LogP contribution is 2.30. The lowest BCUT2D eigenvalue weighted by molar-refractivity contribution is 0.357. The molecule has 0 unspecified atom stereocenters. The minimum absolute atomic E-state index is 0.155. The number of methoxy groups -OCH3 is 2. The largest absolute Gasteiger partial charge is 0.493 e. The highest BCUT2D eigenvalue weighted by Gasteiger charge is 2.20. The van der Waals surface area contributed by atoms with Gasteiger partial charge in [0.15, 0.2) is 28.8 Å². The summed E-state index contributed by atoms with van der Waals surface area (Å²) in [6, 6.07) is 1.33. The zero-order chi connectivity index (χ0) is 18.0. The maximum atomic E-state index is 14.3. The van der Waals surface area contributed by atoms with Crippen molar-refractivity contribution in [2.24, 2.45) is 0 Å². The summed E-state index contributed by atoms with van der Waals surface area (Å²) in [6.07, 6.45) is 2.62. The third kappa shape index (κ3) is 3.23. The Bertz CT molecular complexity index is 820. The van der Waals surface area contributed by atoms with E-state index in [2.05, 4.69) is 22.3 Å². The van der Waals surface area contributed by atoms with Gasteiger partial charge in [0, 0.05) is 18.8 Å². The first kappa shape index (κ1) is 17.0. The molecule has 8 heteroatoms. The van der Waals surface area contributed by atoms with Crippen molar-refractivity contribution in [3.63, 3.8) is 0 Å². The van der Waals surface area contributed by atoms with E-state index in [1.807, 2.05) is 0 Å². The van der Waals surface area contributed by atoms with Crippen LogP contribution >= 0.6 is 0 Å². The second kappa shape index (κ2) is 6.99. The van der Waals surface area contributed by atoms with Crippen LogP contribution in [0.15, 0.2) is 12.3 Å². The third-order valence-corrected chi connectivity index (χ3v) is 4.05. The molecule has 0 aliphatic carbocycles. The van der Waals surface area contributed by atoms with Crippen LogP contribution in [0.2, 0.25) is 0 Å². The number of ether oxygens (including phenoxy) is 2. The first-order chi connectivity index (χ1) is 12.0. The number of benzene rings is 1. The fraction of sp³-hybridized carbons (Fsp3) is 0.353. The predicted octanol–water partition coefficient (Wildman–Crippen LogP) is 1.69. The number of nitrogens with zero attached hydrogens (tertiary/aromatic N) is 2. The van der Waals surface area contributed by atoms with E-state index in [-0.39, 0.29) is 23.2 Å². The molecule has 0 radical (unpaired) electrons. The average molecular weight is 348 g/mol. The van der Waals surface area contributed by atoms with Gasteiger partial charge < -0.3 is 20.5 Å². The van der Waals surface area contributed by atoms with Crippen molar-refractivity contribution >= 4 is 5.69 Å². The molecule has 1 fully saturated rings. The number of nitrogen functional groups attached to an aromatic ring is 1. The van der Waals surface area contributed by atoms with Gasteiger partial charge in [-0.1, -0.05) is 5.92 Å². The normalized spacial score (nSPS) is 16.4. The number of aromatic nitrogens is 2. The maximum Gasteiger partial charge on any atom is 0.183 e. The molecule has 0 spiro atoms. The first-order valence-corrected chi connectivity index (χ1v) is 7.72. The SMILES string of the molecule is COc1cc(OC)c(F)c(C#Cc2nn([C@H]3CCNC3)cc2N)c1F. The second-order valence-electron chi connectivity index (χ2n) is 5.59. The van der Waals surface area contributed by atoms with E-state index in [0.717, 1.165) is 25.6 Å². The lowest BCUT2D eigenvalue weighted by atomic mass is 10.1. The van der Waals surface area contributed by atoms with Gasteiger partial charge in [-0.25, -0.2) is 8.78 Å². The minimum Gasteiger partial charge on any atom is -0.493 e. The molecule has 1 aromatic carbocycles. The van der Waals surface area contributed by atoms with E-state index in [1.165, 1.54) is 14.2 Å². The molecule has 3 rings (SSSR count). The van der Waals surface area contributed by atoms with E-state index < -0.39 is 17.2 Å². The quantitative estimate of drug-likeness (QED) is 0.826. The molecule has 0 bridgehead atoms. The molecule has 6 nitrogen and oxygen atoms in total. The van der Waals surface area contributed by atoms with Crippen LogP contribution in [0.5, 0.6) is 11.5 Å².